The Morgan fingerprint density at radius 1 is 1.35 bits per heavy atom. The lowest BCUT2D eigenvalue weighted by atomic mass is 9.77. The van der Waals surface area contributed by atoms with Crippen molar-refractivity contribution >= 4 is 0 Å². The maximum Gasteiger partial charge on any atom is 0.234 e. The molecule has 4 nitrogen and oxygen atoms in total. The molecule has 0 aromatic carbocycles. The van der Waals surface area contributed by atoms with E-state index >= 15 is 0 Å². The van der Waals surface area contributed by atoms with E-state index in [4.69, 9.17) is 4.52 Å². The topological polar surface area (TPSA) is 51.0 Å². The Kier molecular flexibility index (Phi) is 4.15. The van der Waals surface area contributed by atoms with Gasteiger partial charge >= 0.3 is 0 Å². The van der Waals surface area contributed by atoms with Gasteiger partial charge in [-0.3, -0.25) is 0 Å². The van der Waals surface area contributed by atoms with Crippen LogP contribution in [0.2, 0.25) is 0 Å². The van der Waals surface area contributed by atoms with Crippen LogP contribution in [-0.4, -0.2) is 23.2 Å². The molecule has 0 amide bonds. The van der Waals surface area contributed by atoms with Crippen LogP contribution >= 0.6 is 0 Å². The van der Waals surface area contributed by atoms with Gasteiger partial charge in [-0.2, -0.15) is 4.98 Å². The summed E-state index contributed by atoms with van der Waals surface area (Å²) >= 11 is 0. The minimum atomic E-state index is 0.0893. The smallest absolute Gasteiger partial charge is 0.234 e. The lowest BCUT2D eigenvalue weighted by Gasteiger charge is -2.34. The quantitative estimate of drug-likeness (QED) is 0.854. The Hall–Kier alpha value is -0.900. The molecule has 1 aliphatic rings. The van der Waals surface area contributed by atoms with Gasteiger partial charge in [0.1, 0.15) is 0 Å². The number of nitrogens with zero attached hydrogens (tertiary/aromatic N) is 2. The van der Waals surface area contributed by atoms with Crippen molar-refractivity contribution in [2.45, 2.75) is 57.8 Å². The molecular formula is C13H23N3O. The van der Waals surface area contributed by atoms with Crippen molar-refractivity contribution < 1.29 is 4.52 Å². The second kappa shape index (κ2) is 5.63. The molecule has 0 aliphatic carbocycles. The fourth-order valence-electron chi connectivity index (χ4n) is 2.74. The van der Waals surface area contributed by atoms with E-state index < -0.39 is 0 Å². The Labute approximate surface area is 103 Å². The van der Waals surface area contributed by atoms with Gasteiger partial charge in [0.15, 0.2) is 5.82 Å². The van der Waals surface area contributed by atoms with E-state index in [-0.39, 0.29) is 5.41 Å². The maximum atomic E-state index is 5.51. The number of aromatic nitrogens is 2. The number of piperidine rings is 1. The van der Waals surface area contributed by atoms with E-state index in [9.17, 15) is 0 Å². The molecule has 0 bridgehead atoms. The highest BCUT2D eigenvalue weighted by Crippen LogP contribution is 2.34. The van der Waals surface area contributed by atoms with Crippen LogP contribution in [0.1, 0.15) is 57.7 Å². The first-order valence-corrected chi connectivity index (χ1v) is 6.84. The summed E-state index contributed by atoms with van der Waals surface area (Å²) < 4.78 is 5.51. The second-order valence-electron chi connectivity index (χ2n) is 5.08. The van der Waals surface area contributed by atoms with Gasteiger partial charge in [-0.1, -0.05) is 25.4 Å². The van der Waals surface area contributed by atoms with E-state index in [1.807, 2.05) is 0 Å². The number of hydrogen-bond donors (Lipinski definition) is 1. The Balaban J connectivity index is 2.18. The Morgan fingerprint density at radius 3 is 2.88 bits per heavy atom. The van der Waals surface area contributed by atoms with Gasteiger partial charge in [0.25, 0.3) is 0 Å². The molecule has 1 unspecified atom stereocenters. The van der Waals surface area contributed by atoms with E-state index in [1.54, 1.807) is 0 Å². The van der Waals surface area contributed by atoms with Gasteiger partial charge in [-0.25, -0.2) is 0 Å². The van der Waals surface area contributed by atoms with Crippen molar-refractivity contribution in [1.29, 1.82) is 0 Å². The minimum Gasteiger partial charge on any atom is -0.339 e. The van der Waals surface area contributed by atoms with Crippen LogP contribution in [0.3, 0.4) is 0 Å². The van der Waals surface area contributed by atoms with E-state index in [0.29, 0.717) is 0 Å². The summed E-state index contributed by atoms with van der Waals surface area (Å²) in [6.07, 6.45) is 6.64. The number of rotatable bonds is 5. The Bertz CT molecular complexity index is 337. The van der Waals surface area contributed by atoms with Crippen molar-refractivity contribution in [2.75, 3.05) is 13.1 Å². The van der Waals surface area contributed by atoms with Gasteiger partial charge in [0, 0.05) is 13.0 Å². The van der Waals surface area contributed by atoms with Crippen LogP contribution in [0.25, 0.3) is 0 Å². The second-order valence-corrected chi connectivity index (χ2v) is 5.08. The van der Waals surface area contributed by atoms with Crippen molar-refractivity contribution in [2.24, 2.45) is 0 Å². The highest BCUT2D eigenvalue weighted by atomic mass is 16.5. The number of aryl methyl sites for hydroxylation is 1. The largest absolute Gasteiger partial charge is 0.339 e. The Morgan fingerprint density at radius 2 is 2.24 bits per heavy atom. The van der Waals surface area contributed by atoms with E-state index in [1.165, 1.54) is 12.8 Å². The molecule has 17 heavy (non-hydrogen) atoms. The van der Waals surface area contributed by atoms with E-state index in [0.717, 1.165) is 50.5 Å². The summed E-state index contributed by atoms with van der Waals surface area (Å²) in [5.41, 5.74) is 0.0893. The van der Waals surface area contributed by atoms with Crippen molar-refractivity contribution in [3.05, 3.63) is 11.7 Å². The molecule has 1 atom stereocenters. The molecule has 96 valence electrons. The minimum absolute atomic E-state index is 0.0893. The highest BCUT2D eigenvalue weighted by Gasteiger charge is 2.38. The molecule has 0 saturated carbocycles. The first-order chi connectivity index (χ1) is 8.30. The SMILES string of the molecule is CCCc1noc(C2(CCC)CCCNC2)n1. The lowest BCUT2D eigenvalue weighted by Crippen LogP contribution is -2.43. The first-order valence-electron chi connectivity index (χ1n) is 6.84. The zero-order chi connectivity index (χ0) is 12.1. The maximum absolute atomic E-state index is 5.51. The molecule has 1 saturated heterocycles. The predicted octanol–water partition coefficient (Wildman–Crippen LogP) is 2.44. The fraction of sp³-hybridized carbons (Fsp3) is 0.846. The number of nitrogens with one attached hydrogen (secondary N) is 1. The lowest BCUT2D eigenvalue weighted by molar-refractivity contribution is 0.213. The van der Waals surface area contributed by atoms with Crippen molar-refractivity contribution in [3.8, 4) is 0 Å². The molecule has 1 aromatic heterocycles. The fourth-order valence-corrected chi connectivity index (χ4v) is 2.74. The third kappa shape index (κ3) is 2.68. The monoisotopic (exact) mass is 237 g/mol. The molecule has 1 fully saturated rings. The van der Waals surface area contributed by atoms with Crippen LogP contribution in [0.4, 0.5) is 0 Å². The van der Waals surface area contributed by atoms with Crippen molar-refractivity contribution in [1.82, 2.24) is 15.5 Å². The van der Waals surface area contributed by atoms with Gasteiger partial charge < -0.3 is 9.84 Å². The van der Waals surface area contributed by atoms with Crippen LogP contribution < -0.4 is 5.32 Å². The predicted molar refractivity (Wildman–Crippen MR) is 67.0 cm³/mol. The van der Waals surface area contributed by atoms with E-state index in [2.05, 4.69) is 29.3 Å². The molecule has 1 N–H and O–H groups in total. The summed E-state index contributed by atoms with van der Waals surface area (Å²) in [7, 11) is 0. The molecule has 1 aromatic rings. The average molecular weight is 237 g/mol. The molecule has 0 spiro atoms. The normalized spacial score (nSPS) is 25.1. The summed E-state index contributed by atoms with van der Waals surface area (Å²) in [6, 6.07) is 0. The molecule has 0 radical (unpaired) electrons. The van der Waals surface area contributed by atoms with Gasteiger partial charge in [0.05, 0.1) is 5.41 Å². The van der Waals surface area contributed by atoms with Gasteiger partial charge in [0.2, 0.25) is 5.89 Å². The molecule has 1 aliphatic heterocycles. The molecular weight excluding hydrogens is 214 g/mol. The van der Waals surface area contributed by atoms with Gasteiger partial charge in [-0.15, -0.1) is 0 Å². The summed E-state index contributed by atoms with van der Waals surface area (Å²) in [5, 5.41) is 7.57. The third-order valence-corrected chi connectivity index (χ3v) is 3.60. The average Bonchev–Trinajstić information content (AvgIpc) is 2.80. The molecule has 2 heterocycles. The molecule has 2 rings (SSSR count). The summed E-state index contributed by atoms with van der Waals surface area (Å²) in [5.74, 6) is 1.72. The van der Waals surface area contributed by atoms with Crippen LogP contribution in [-0.2, 0) is 11.8 Å². The summed E-state index contributed by atoms with van der Waals surface area (Å²) in [6.45, 7) is 6.45. The molecule has 4 heteroatoms. The first kappa shape index (κ1) is 12.6. The zero-order valence-electron chi connectivity index (χ0n) is 11.0. The zero-order valence-corrected chi connectivity index (χ0v) is 11.0. The van der Waals surface area contributed by atoms with Crippen LogP contribution in [0.15, 0.2) is 4.52 Å². The number of hydrogen-bond acceptors (Lipinski definition) is 4. The van der Waals surface area contributed by atoms with Crippen LogP contribution in [0.5, 0.6) is 0 Å². The third-order valence-electron chi connectivity index (χ3n) is 3.60. The van der Waals surface area contributed by atoms with Gasteiger partial charge in [-0.05, 0) is 32.2 Å². The highest BCUT2D eigenvalue weighted by molar-refractivity contribution is 5.08. The standard InChI is InChI=1S/C13H23N3O/c1-3-6-11-15-12(17-16-11)13(7-4-2)8-5-9-14-10-13/h14H,3-10H2,1-2H3. The summed E-state index contributed by atoms with van der Waals surface area (Å²) in [4.78, 5) is 4.60. The van der Waals surface area contributed by atoms with Crippen molar-refractivity contribution in [3.63, 3.8) is 0 Å². The van der Waals surface area contributed by atoms with Crippen LogP contribution in [0, 0.1) is 0 Å².